The van der Waals surface area contributed by atoms with Crippen LogP contribution < -0.4 is 5.32 Å². The first kappa shape index (κ1) is 9.01. The lowest BCUT2D eigenvalue weighted by molar-refractivity contribution is 0.332. The summed E-state index contributed by atoms with van der Waals surface area (Å²) in [6, 6.07) is 0.866. The van der Waals surface area contributed by atoms with Crippen molar-refractivity contribution in [2.45, 2.75) is 32.2 Å². The molecule has 1 aliphatic carbocycles. The van der Waals surface area contributed by atoms with E-state index in [9.17, 15) is 0 Å². The summed E-state index contributed by atoms with van der Waals surface area (Å²) in [5, 5.41) is 3.50. The maximum atomic E-state index is 3.50. The third-order valence-corrected chi connectivity index (χ3v) is 2.11. The highest BCUT2D eigenvalue weighted by atomic mass is 15.1. The van der Waals surface area contributed by atoms with Gasteiger partial charge in [0, 0.05) is 19.1 Å². The van der Waals surface area contributed by atoms with Crippen molar-refractivity contribution in [3.05, 3.63) is 0 Å². The van der Waals surface area contributed by atoms with Gasteiger partial charge < -0.3 is 10.2 Å². The predicted octanol–water partition coefficient (Wildman–Crippen LogP) is 1.08. The second-order valence-electron chi connectivity index (χ2n) is 3.53. The molecule has 0 aromatic carbocycles. The van der Waals surface area contributed by atoms with Crippen LogP contribution in [0.25, 0.3) is 0 Å². The predicted molar refractivity (Wildman–Crippen MR) is 48.8 cm³/mol. The molecule has 0 saturated heterocycles. The van der Waals surface area contributed by atoms with Gasteiger partial charge in [-0.25, -0.2) is 0 Å². The molecule has 0 unspecified atom stereocenters. The van der Waals surface area contributed by atoms with Crippen LogP contribution in [0.1, 0.15) is 26.2 Å². The minimum atomic E-state index is 0.866. The number of hydrogen-bond acceptors (Lipinski definition) is 2. The molecule has 0 spiro atoms. The van der Waals surface area contributed by atoms with Gasteiger partial charge in [-0.05, 0) is 32.9 Å². The Labute approximate surface area is 70.0 Å². The van der Waals surface area contributed by atoms with Crippen LogP contribution in [0.2, 0.25) is 0 Å². The molecule has 1 N–H and O–H groups in total. The Hall–Kier alpha value is -0.0800. The van der Waals surface area contributed by atoms with Crippen molar-refractivity contribution in [2.75, 3.05) is 26.7 Å². The largest absolute Gasteiger partial charge is 0.313 e. The Morgan fingerprint density at radius 2 is 2.09 bits per heavy atom. The first-order valence-corrected chi connectivity index (χ1v) is 4.75. The molecule has 0 aromatic heterocycles. The van der Waals surface area contributed by atoms with E-state index in [1.165, 1.54) is 38.9 Å². The van der Waals surface area contributed by atoms with Gasteiger partial charge in [-0.2, -0.15) is 0 Å². The SMILES string of the molecule is CCCN(C)CCNC1CC1. The van der Waals surface area contributed by atoms with E-state index < -0.39 is 0 Å². The molecule has 0 radical (unpaired) electrons. The smallest absolute Gasteiger partial charge is 0.0104 e. The van der Waals surface area contributed by atoms with Crippen LogP contribution in [-0.4, -0.2) is 37.6 Å². The highest BCUT2D eigenvalue weighted by Crippen LogP contribution is 2.17. The van der Waals surface area contributed by atoms with Crippen LogP contribution in [0.5, 0.6) is 0 Å². The van der Waals surface area contributed by atoms with Gasteiger partial charge in [0.15, 0.2) is 0 Å². The van der Waals surface area contributed by atoms with E-state index in [-0.39, 0.29) is 0 Å². The van der Waals surface area contributed by atoms with Crippen molar-refractivity contribution in [1.29, 1.82) is 0 Å². The van der Waals surface area contributed by atoms with Gasteiger partial charge in [-0.1, -0.05) is 6.92 Å². The van der Waals surface area contributed by atoms with Crippen LogP contribution in [0, 0.1) is 0 Å². The van der Waals surface area contributed by atoms with Crippen LogP contribution >= 0.6 is 0 Å². The number of nitrogens with one attached hydrogen (secondary N) is 1. The van der Waals surface area contributed by atoms with Gasteiger partial charge in [0.2, 0.25) is 0 Å². The van der Waals surface area contributed by atoms with Crippen molar-refractivity contribution < 1.29 is 0 Å². The maximum absolute atomic E-state index is 3.50. The molecule has 1 fully saturated rings. The minimum absolute atomic E-state index is 0.866. The zero-order chi connectivity index (χ0) is 8.10. The normalized spacial score (nSPS) is 17.7. The second-order valence-corrected chi connectivity index (χ2v) is 3.53. The van der Waals surface area contributed by atoms with Crippen LogP contribution in [0.15, 0.2) is 0 Å². The molecule has 0 amide bonds. The molecule has 1 rings (SSSR count). The fourth-order valence-electron chi connectivity index (χ4n) is 1.24. The van der Waals surface area contributed by atoms with Gasteiger partial charge in [0.25, 0.3) is 0 Å². The lowest BCUT2D eigenvalue weighted by Gasteiger charge is -2.15. The van der Waals surface area contributed by atoms with E-state index in [0.29, 0.717) is 0 Å². The lowest BCUT2D eigenvalue weighted by Crippen LogP contribution is -2.30. The summed E-state index contributed by atoms with van der Waals surface area (Å²) in [6.45, 7) is 5.82. The first-order valence-electron chi connectivity index (χ1n) is 4.75. The average Bonchev–Trinajstić information content (AvgIpc) is 2.72. The summed E-state index contributed by atoms with van der Waals surface area (Å²) < 4.78 is 0. The first-order chi connectivity index (χ1) is 5.33. The van der Waals surface area contributed by atoms with E-state index >= 15 is 0 Å². The topological polar surface area (TPSA) is 15.3 Å². The van der Waals surface area contributed by atoms with Gasteiger partial charge in [0.05, 0.1) is 0 Å². The molecule has 0 bridgehead atoms. The van der Waals surface area contributed by atoms with E-state index in [0.717, 1.165) is 6.04 Å². The fourth-order valence-corrected chi connectivity index (χ4v) is 1.24. The summed E-state index contributed by atoms with van der Waals surface area (Å²) >= 11 is 0. The van der Waals surface area contributed by atoms with E-state index in [1.807, 2.05) is 0 Å². The van der Waals surface area contributed by atoms with Gasteiger partial charge in [-0.15, -0.1) is 0 Å². The van der Waals surface area contributed by atoms with Crippen molar-refractivity contribution in [3.8, 4) is 0 Å². The van der Waals surface area contributed by atoms with Crippen molar-refractivity contribution in [3.63, 3.8) is 0 Å². The van der Waals surface area contributed by atoms with Crippen LogP contribution in [0.4, 0.5) is 0 Å². The summed E-state index contributed by atoms with van der Waals surface area (Å²) in [5.41, 5.74) is 0. The van der Waals surface area contributed by atoms with Crippen molar-refractivity contribution in [2.24, 2.45) is 0 Å². The van der Waals surface area contributed by atoms with Gasteiger partial charge in [0.1, 0.15) is 0 Å². The summed E-state index contributed by atoms with van der Waals surface area (Å²) in [4.78, 5) is 2.38. The highest BCUT2D eigenvalue weighted by molar-refractivity contribution is 4.80. The van der Waals surface area contributed by atoms with Gasteiger partial charge in [-0.3, -0.25) is 0 Å². The Balaban J connectivity index is 1.84. The molecule has 1 aliphatic rings. The average molecular weight is 156 g/mol. The standard InChI is InChI=1S/C9H20N2/c1-3-7-11(2)8-6-10-9-4-5-9/h9-10H,3-8H2,1-2H3. The van der Waals surface area contributed by atoms with Crippen molar-refractivity contribution in [1.82, 2.24) is 10.2 Å². The third-order valence-electron chi connectivity index (χ3n) is 2.11. The van der Waals surface area contributed by atoms with E-state index in [4.69, 9.17) is 0 Å². The minimum Gasteiger partial charge on any atom is -0.313 e. The molecule has 2 nitrogen and oxygen atoms in total. The zero-order valence-corrected chi connectivity index (χ0v) is 7.77. The molecule has 0 aliphatic heterocycles. The summed E-state index contributed by atoms with van der Waals surface area (Å²) in [5.74, 6) is 0. The molecule has 0 heterocycles. The maximum Gasteiger partial charge on any atom is 0.0104 e. The van der Waals surface area contributed by atoms with Gasteiger partial charge >= 0.3 is 0 Å². The Kier molecular flexibility index (Phi) is 3.87. The molecule has 66 valence electrons. The van der Waals surface area contributed by atoms with E-state index in [2.05, 4.69) is 24.2 Å². The number of rotatable bonds is 6. The summed E-state index contributed by atoms with van der Waals surface area (Å²) in [7, 11) is 2.19. The lowest BCUT2D eigenvalue weighted by atomic mass is 10.4. The third kappa shape index (κ3) is 4.38. The molecule has 0 aromatic rings. The Bertz CT molecular complexity index is 99.7. The number of hydrogen-bond donors (Lipinski definition) is 1. The quantitative estimate of drug-likeness (QED) is 0.619. The molecule has 2 heteroatoms. The summed E-state index contributed by atoms with van der Waals surface area (Å²) in [6.07, 6.45) is 4.06. The Morgan fingerprint density at radius 1 is 1.36 bits per heavy atom. The number of likely N-dealkylation sites (N-methyl/N-ethyl adjacent to an activating group) is 1. The second kappa shape index (κ2) is 4.73. The van der Waals surface area contributed by atoms with Crippen molar-refractivity contribution >= 4 is 0 Å². The Morgan fingerprint density at radius 3 is 2.64 bits per heavy atom. The zero-order valence-electron chi connectivity index (χ0n) is 7.77. The highest BCUT2D eigenvalue weighted by Gasteiger charge is 2.19. The monoisotopic (exact) mass is 156 g/mol. The molecular formula is C9H20N2. The van der Waals surface area contributed by atoms with Crippen LogP contribution in [-0.2, 0) is 0 Å². The molecule has 11 heavy (non-hydrogen) atoms. The molecule has 1 saturated carbocycles. The molecular weight excluding hydrogens is 136 g/mol. The van der Waals surface area contributed by atoms with E-state index in [1.54, 1.807) is 0 Å². The molecule has 0 atom stereocenters. The number of nitrogens with zero attached hydrogens (tertiary/aromatic N) is 1. The van der Waals surface area contributed by atoms with Crippen LogP contribution in [0.3, 0.4) is 0 Å². The fraction of sp³-hybridized carbons (Fsp3) is 1.00.